The van der Waals surface area contributed by atoms with Gasteiger partial charge in [0, 0.05) is 5.69 Å². The van der Waals surface area contributed by atoms with Crippen molar-refractivity contribution in [2.24, 2.45) is 23.7 Å². The molecule has 4 rings (SSSR count). The van der Waals surface area contributed by atoms with Crippen LogP contribution in [0.4, 0.5) is 5.69 Å². The van der Waals surface area contributed by atoms with E-state index in [-0.39, 0.29) is 35.5 Å². The number of imide groups is 1. The molecule has 1 aromatic rings. The van der Waals surface area contributed by atoms with Crippen molar-refractivity contribution >= 4 is 29.4 Å². The van der Waals surface area contributed by atoms with Crippen molar-refractivity contribution in [2.75, 3.05) is 11.9 Å². The summed E-state index contributed by atoms with van der Waals surface area (Å²) >= 11 is 0. The van der Waals surface area contributed by atoms with Crippen LogP contribution in [-0.4, -0.2) is 41.2 Å². The first-order valence-electron chi connectivity index (χ1n) is 10.2. The molecular weight excluding hydrogens is 372 g/mol. The van der Waals surface area contributed by atoms with E-state index in [4.69, 9.17) is 4.74 Å². The number of hydrogen-bond acceptors (Lipinski definition) is 5. The maximum Gasteiger partial charge on any atom is 0.329 e. The fraction of sp³-hybridized carbons (Fsp3) is 0.545. The van der Waals surface area contributed by atoms with E-state index in [2.05, 4.69) is 5.32 Å². The quantitative estimate of drug-likeness (QED) is 0.606. The van der Waals surface area contributed by atoms with Crippen LogP contribution in [0.1, 0.15) is 37.3 Å². The minimum absolute atomic E-state index is 0.253. The van der Waals surface area contributed by atoms with Gasteiger partial charge in [-0.1, -0.05) is 17.7 Å². The van der Waals surface area contributed by atoms with Crippen molar-refractivity contribution in [3.05, 3.63) is 29.3 Å². The van der Waals surface area contributed by atoms with Crippen molar-refractivity contribution in [3.63, 3.8) is 0 Å². The van der Waals surface area contributed by atoms with Gasteiger partial charge in [0.2, 0.25) is 11.8 Å². The molecule has 0 unspecified atom stereocenters. The average molecular weight is 398 g/mol. The van der Waals surface area contributed by atoms with Gasteiger partial charge in [-0.2, -0.15) is 0 Å². The number of carbonyl (C=O) groups is 4. The zero-order chi connectivity index (χ0) is 20.9. The van der Waals surface area contributed by atoms with Crippen LogP contribution in [-0.2, 0) is 23.9 Å². The zero-order valence-electron chi connectivity index (χ0n) is 16.9. The molecule has 154 valence electrons. The van der Waals surface area contributed by atoms with Crippen molar-refractivity contribution in [2.45, 2.75) is 46.1 Å². The fourth-order valence-corrected chi connectivity index (χ4v) is 5.32. The molecule has 1 heterocycles. The molecule has 2 aliphatic carbocycles. The van der Waals surface area contributed by atoms with Crippen LogP contribution in [0.15, 0.2) is 18.2 Å². The first-order chi connectivity index (χ1) is 13.8. The topological polar surface area (TPSA) is 92.8 Å². The summed E-state index contributed by atoms with van der Waals surface area (Å²) in [7, 11) is 0. The molecule has 3 aliphatic rings. The molecule has 29 heavy (non-hydrogen) atoms. The highest BCUT2D eigenvalue weighted by Gasteiger charge is 2.62. The molecule has 7 nitrogen and oxygen atoms in total. The molecule has 3 fully saturated rings. The number of aryl methyl sites for hydroxylation is 2. The number of nitrogens with one attached hydrogen (secondary N) is 1. The number of likely N-dealkylation sites (tertiary alicyclic amines) is 1. The van der Waals surface area contributed by atoms with E-state index in [9.17, 15) is 19.2 Å². The zero-order valence-corrected chi connectivity index (χ0v) is 16.9. The van der Waals surface area contributed by atoms with E-state index in [1.165, 1.54) is 6.92 Å². The maximum atomic E-state index is 12.8. The number of benzene rings is 1. The van der Waals surface area contributed by atoms with Gasteiger partial charge in [0.25, 0.3) is 5.91 Å². The van der Waals surface area contributed by atoms with E-state index in [1.54, 1.807) is 6.07 Å². The predicted molar refractivity (Wildman–Crippen MR) is 105 cm³/mol. The van der Waals surface area contributed by atoms with Crippen LogP contribution >= 0.6 is 0 Å². The smallest absolute Gasteiger partial charge is 0.329 e. The van der Waals surface area contributed by atoms with Crippen LogP contribution in [0.25, 0.3) is 0 Å². The Kier molecular flexibility index (Phi) is 4.92. The second-order valence-electron chi connectivity index (χ2n) is 8.58. The highest BCUT2D eigenvalue weighted by molar-refractivity contribution is 6.08. The third-order valence-electron chi connectivity index (χ3n) is 6.69. The Morgan fingerprint density at radius 2 is 1.76 bits per heavy atom. The Labute approximate surface area is 169 Å². The minimum atomic E-state index is -1.02. The Morgan fingerprint density at radius 3 is 2.34 bits per heavy atom. The lowest BCUT2D eigenvalue weighted by molar-refractivity contribution is -0.159. The predicted octanol–water partition coefficient (Wildman–Crippen LogP) is 2.20. The molecule has 1 aliphatic heterocycles. The lowest BCUT2D eigenvalue weighted by Gasteiger charge is -2.23. The normalized spacial score (nSPS) is 28.4. The van der Waals surface area contributed by atoms with Crippen LogP contribution in [0.3, 0.4) is 0 Å². The molecule has 1 N–H and O–H groups in total. The SMILES string of the molecule is Cc1ccc(NC(=O)COC(=O)[C@@H](C)N2C(=O)[C@@H]3[C@@H]4CC[C@@H](C4)[C@@H]3C2=O)c(C)c1. The van der Waals surface area contributed by atoms with Gasteiger partial charge in [-0.05, 0) is 63.5 Å². The monoisotopic (exact) mass is 398 g/mol. The lowest BCUT2D eigenvalue weighted by Crippen LogP contribution is -2.45. The van der Waals surface area contributed by atoms with Crippen molar-refractivity contribution in [3.8, 4) is 0 Å². The minimum Gasteiger partial charge on any atom is -0.454 e. The second kappa shape index (κ2) is 7.28. The molecular formula is C22H26N2O5. The van der Waals surface area contributed by atoms with Crippen molar-refractivity contribution < 1.29 is 23.9 Å². The Bertz CT molecular complexity index is 867. The average Bonchev–Trinajstić information content (AvgIpc) is 3.35. The third kappa shape index (κ3) is 3.32. The second-order valence-corrected chi connectivity index (χ2v) is 8.58. The van der Waals surface area contributed by atoms with Gasteiger partial charge < -0.3 is 10.1 Å². The van der Waals surface area contributed by atoms with Gasteiger partial charge >= 0.3 is 5.97 Å². The summed E-state index contributed by atoms with van der Waals surface area (Å²) in [5, 5.41) is 2.71. The van der Waals surface area contributed by atoms with Crippen LogP contribution in [0.2, 0.25) is 0 Å². The summed E-state index contributed by atoms with van der Waals surface area (Å²) < 4.78 is 5.10. The summed E-state index contributed by atoms with van der Waals surface area (Å²) in [5.41, 5.74) is 2.64. The molecule has 0 spiro atoms. The van der Waals surface area contributed by atoms with Crippen molar-refractivity contribution in [1.82, 2.24) is 4.90 Å². The van der Waals surface area contributed by atoms with Crippen molar-refractivity contribution in [1.29, 1.82) is 0 Å². The molecule has 1 saturated heterocycles. The van der Waals surface area contributed by atoms with E-state index in [0.29, 0.717) is 5.69 Å². The number of carbonyl (C=O) groups excluding carboxylic acids is 4. The molecule has 0 aromatic heterocycles. The van der Waals surface area contributed by atoms with E-state index in [1.807, 2.05) is 26.0 Å². The molecule has 5 atom stereocenters. The fourth-order valence-electron chi connectivity index (χ4n) is 5.32. The number of anilines is 1. The third-order valence-corrected chi connectivity index (χ3v) is 6.69. The number of nitrogens with zero attached hydrogens (tertiary/aromatic N) is 1. The summed E-state index contributed by atoms with van der Waals surface area (Å²) in [6.45, 7) is 4.86. The number of esters is 1. The Morgan fingerprint density at radius 1 is 1.14 bits per heavy atom. The molecule has 1 aromatic carbocycles. The molecule has 7 heteroatoms. The standard InChI is InChI=1S/C22H26N2O5/c1-11-4-7-16(12(2)8-11)23-17(25)10-29-22(28)13(3)24-20(26)18-14-5-6-15(9-14)19(18)21(24)27/h4,7-8,13-15,18-19H,5-6,9-10H2,1-3H3,(H,23,25)/t13-,14-,15+,18-,19+/m1/s1. The van der Waals surface area contributed by atoms with Gasteiger partial charge in [-0.15, -0.1) is 0 Å². The maximum absolute atomic E-state index is 12.8. The number of ether oxygens (including phenoxy) is 1. The van der Waals surface area contributed by atoms with Gasteiger partial charge in [-0.25, -0.2) is 4.79 Å². The van der Waals surface area contributed by atoms with E-state index >= 15 is 0 Å². The lowest BCUT2D eigenvalue weighted by atomic mass is 9.81. The summed E-state index contributed by atoms with van der Waals surface area (Å²) in [6, 6.07) is 4.60. The van der Waals surface area contributed by atoms with Gasteiger partial charge in [-0.3, -0.25) is 19.3 Å². The first-order valence-corrected chi connectivity index (χ1v) is 10.2. The largest absolute Gasteiger partial charge is 0.454 e. The first kappa shape index (κ1) is 19.6. The Balaban J connectivity index is 1.34. The van der Waals surface area contributed by atoms with Gasteiger partial charge in [0.1, 0.15) is 6.04 Å². The summed E-state index contributed by atoms with van der Waals surface area (Å²) in [4.78, 5) is 51.2. The molecule has 2 saturated carbocycles. The highest BCUT2D eigenvalue weighted by atomic mass is 16.5. The molecule has 2 bridgehead atoms. The highest BCUT2D eigenvalue weighted by Crippen LogP contribution is 2.56. The summed E-state index contributed by atoms with van der Waals surface area (Å²) in [6.07, 6.45) is 2.91. The number of amides is 3. The number of fused-ring (bicyclic) bond motifs is 5. The summed E-state index contributed by atoms with van der Waals surface area (Å²) in [5.74, 6) is -1.74. The Hall–Kier alpha value is -2.70. The van der Waals surface area contributed by atoms with E-state index in [0.717, 1.165) is 35.3 Å². The van der Waals surface area contributed by atoms with Crippen LogP contribution in [0, 0.1) is 37.5 Å². The number of hydrogen-bond donors (Lipinski definition) is 1. The van der Waals surface area contributed by atoms with Crippen LogP contribution < -0.4 is 5.32 Å². The van der Waals surface area contributed by atoms with Gasteiger partial charge in [0.15, 0.2) is 6.61 Å². The van der Waals surface area contributed by atoms with Crippen LogP contribution in [0.5, 0.6) is 0 Å². The number of rotatable bonds is 5. The van der Waals surface area contributed by atoms with E-state index < -0.39 is 24.5 Å². The molecule has 3 amide bonds. The molecule has 0 radical (unpaired) electrons. The van der Waals surface area contributed by atoms with Gasteiger partial charge in [0.05, 0.1) is 11.8 Å².